The van der Waals surface area contributed by atoms with E-state index in [0.29, 0.717) is 13.0 Å². The third-order valence-electron chi connectivity index (χ3n) is 4.17. The Kier molecular flexibility index (Phi) is 8.74. The summed E-state index contributed by atoms with van der Waals surface area (Å²) >= 11 is 0. The molecule has 0 heterocycles. The lowest BCUT2D eigenvalue weighted by molar-refractivity contribution is -0.138. The molecule has 0 fully saturated rings. The fourth-order valence-corrected chi connectivity index (χ4v) is 3.14. The number of aliphatic hydroxyl groups is 1. The van der Waals surface area contributed by atoms with E-state index in [1.54, 1.807) is 0 Å². The van der Waals surface area contributed by atoms with Gasteiger partial charge in [0.25, 0.3) is 0 Å². The van der Waals surface area contributed by atoms with Gasteiger partial charge in [-0.1, -0.05) is 24.3 Å². The van der Waals surface area contributed by atoms with Crippen LogP contribution >= 0.6 is 12.4 Å². The highest BCUT2D eigenvalue weighted by atomic mass is 35.5. The van der Waals surface area contributed by atoms with E-state index in [2.05, 4.69) is 17.4 Å². The lowest BCUT2D eigenvalue weighted by atomic mass is 9.86. The van der Waals surface area contributed by atoms with Gasteiger partial charge in [0.2, 0.25) is 5.91 Å². The Hall–Kier alpha value is -1.63. The summed E-state index contributed by atoms with van der Waals surface area (Å²) in [4.78, 5) is 24.6. The van der Waals surface area contributed by atoms with E-state index in [4.69, 9.17) is 10.2 Å². The first-order valence-electron chi connectivity index (χ1n) is 8.03. The van der Waals surface area contributed by atoms with E-state index < -0.39 is 5.97 Å². The number of aliphatic carboxylic acids is 1. The number of hydrogen-bond donors (Lipinski definition) is 3. The molecule has 134 valence electrons. The van der Waals surface area contributed by atoms with Crippen LogP contribution in [0.5, 0.6) is 0 Å². The number of rotatable bonds is 8. The third kappa shape index (κ3) is 5.78. The zero-order chi connectivity index (χ0) is 16.7. The smallest absolute Gasteiger partial charge is 0.322 e. The van der Waals surface area contributed by atoms with Crippen molar-refractivity contribution in [1.29, 1.82) is 0 Å². The van der Waals surface area contributed by atoms with Crippen molar-refractivity contribution < 1.29 is 19.8 Å². The van der Waals surface area contributed by atoms with Crippen LogP contribution in [0.15, 0.2) is 24.3 Å². The van der Waals surface area contributed by atoms with Gasteiger partial charge in [-0.05, 0) is 36.8 Å². The predicted molar refractivity (Wildman–Crippen MR) is 93.3 cm³/mol. The standard InChI is InChI=1S/C17H24N2O4.ClH/c20-10-4-9-19(12-16(21)18-11-17(22)23)15-8-3-6-13-5-1-2-7-14(13)15;/h1-2,5,7,15,20H,3-4,6,8-12H2,(H,18,21)(H,22,23);1H. The Balaban J connectivity index is 0.00000288. The maximum absolute atomic E-state index is 12.0. The predicted octanol–water partition coefficient (Wildman–Crippen LogP) is 1.37. The van der Waals surface area contributed by atoms with Gasteiger partial charge in [0.05, 0.1) is 6.54 Å². The van der Waals surface area contributed by atoms with Gasteiger partial charge >= 0.3 is 5.97 Å². The zero-order valence-corrected chi connectivity index (χ0v) is 14.4. The molecule has 0 aromatic heterocycles. The van der Waals surface area contributed by atoms with E-state index in [9.17, 15) is 9.59 Å². The maximum atomic E-state index is 12.0. The van der Waals surface area contributed by atoms with Crippen molar-refractivity contribution in [3.63, 3.8) is 0 Å². The molecule has 1 atom stereocenters. The van der Waals surface area contributed by atoms with E-state index in [1.807, 2.05) is 17.0 Å². The summed E-state index contributed by atoms with van der Waals surface area (Å²) < 4.78 is 0. The number of carbonyl (C=O) groups is 2. The highest BCUT2D eigenvalue weighted by Gasteiger charge is 2.26. The first-order chi connectivity index (χ1) is 11.1. The molecule has 1 aliphatic carbocycles. The summed E-state index contributed by atoms with van der Waals surface area (Å²) in [5.41, 5.74) is 2.55. The van der Waals surface area contributed by atoms with Crippen LogP contribution in [-0.4, -0.2) is 53.2 Å². The minimum absolute atomic E-state index is 0. The molecule has 0 radical (unpaired) electrons. The Morgan fingerprint density at radius 2 is 2.04 bits per heavy atom. The Labute approximate surface area is 148 Å². The van der Waals surface area contributed by atoms with Gasteiger partial charge in [-0.25, -0.2) is 0 Å². The zero-order valence-electron chi connectivity index (χ0n) is 13.6. The molecule has 1 unspecified atom stereocenters. The number of nitrogens with zero attached hydrogens (tertiary/aromatic N) is 1. The quantitative estimate of drug-likeness (QED) is 0.654. The molecule has 1 amide bonds. The fourth-order valence-electron chi connectivity index (χ4n) is 3.14. The Morgan fingerprint density at radius 3 is 2.75 bits per heavy atom. The highest BCUT2D eigenvalue weighted by Crippen LogP contribution is 2.34. The molecule has 0 saturated carbocycles. The molecule has 0 saturated heterocycles. The van der Waals surface area contributed by atoms with Gasteiger partial charge in [-0.2, -0.15) is 0 Å². The topological polar surface area (TPSA) is 89.9 Å². The van der Waals surface area contributed by atoms with Gasteiger partial charge < -0.3 is 15.5 Å². The number of carbonyl (C=O) groups excluding carboxylic acids is 1. The van der Waals surface area contributed by atoms with Crippen LogP contribution in [0.3, 0.4) is 0 Å². The second kappa shape index (κ2) is 10.3. The molecule has 2 rings (SSSR count). The monoisotopic (exact) mass is 356 g/mol. The molecule has 1 aromatic carbocycles. The van der Waals surface area contributed by atoms with Gasteiger partial charge in [-0.3, -0.25) is 14.5 Å². The summed E-state index contributed by atoms with van der Waals surface area (Å²) in [6.07, 6.45) is 3.67. The molecule has 1 aliphatic rings. The average Bonchev–Trinajstić information content (AvgIpc) is 2.56. The lowest BCUT2D eigenvalue weighted by Crippen LogP contribution is -2.42. The summed E-state index contributed by atoms with van der Waals surface area (Å²) in [5, 5.41) is 20.2. The van der Waals surface area contributed by atoms with Crippen LogP contribution in [0.4, 0.5) is 0 Å². The number of carboxylic acids is 1. The first kappa shape index (κ1) is 20.4. The minimum atomic E-state index is -1.05. The summed E-state index contributed by atoms with van der Waals surface area (Å²) in [6.45, 7) is 0.456. The molecule has 7 heteroatoms. The molecular formula is C17H25ClN2O4. The number of aryl methyl sites for hydroxylation is 1. The SMILES string of the molecule is Cl.O=C(O)CNC(=O)CN(CCCO)C1CCCc2ccccc21. The van der Waals surface area contributed by atoms with E-state index in [0.717, 1.165) is 19.3 Å². The number of benzene rings is 1. The van der Waals surface area contributed by atoms with Crippen LogP contribution in [-0.2, 0) is 16.0 Å². The summed E-state index contributed by atoms with van der Waals surface area (Å²) in [6, 6.07) is 8.39. The van der Waals surface area contributed by atoms with Crippen molar-refractivity contribution >= 4 is 24.3 Å². The maximum Gasteiger partial charge on any atom is 0.322 e. The number of amides is 1. The van der Waals surface area contributed by atoms with Crippen molar-refractivity contribution in [2.75, 3.05) is 26.2 Å². The van der Waals surface area contributed by atoms with E-state index in [1.165, 1.54) is 11.1 Å². The molecule has 3 N–H and O–H groups in total. The number of fused-ring (bicyclic) bond motifs is 1. The van der Waals surface area contributed by atoms with Crippen LogP contribution in [0.1, 0.15) is 36.4 Å². The molecular weight excluding hydrogens is 332 g/mol. The molecule has 0 spiro atoms. The van der Waals surface area contributed by atoms with Crippen LogP contribution in [0.25, 0.3) is 0 Å². The van der Waals surface area contributed by atoms with Crippen molar-refractivity contribution in [2.24, 2.45) is 0 Å². The van der Waals surface area contributed by atoms with Gasteiger partial charge in [0.15, 0.2) is 0 Å². The number of nitrogens with one attached hydrogen (secondary N) is 1. The molecule has 0 bridgehead atoms. The lowest BCUT2D eigenvalue weighted by Gasteiger charge is -2.35. The second-order valence-electron chi connectivity index (χ2n) is 5.82. The Bertz CT molecular complexity index is 553. The van der Waals surface area contributed by atoms with Crippen LogP contribution in [0, 0.1) is 0 Å². The van der Waals surface area contributed by atoms with Gasteiger partial charge in [0, 0.05) is 19.2 Å². The van der Waals surface area contributed by atoms with Crippen molar-refractivity contribution in [3.05, 3.63) is 35.4 Å². The van der Waals surface area contributed by atoms with Crippen molar-refractivity contribution in [2.45, 2.75) is 31.7 Å². The Morgan fingerprint density at radius 1 is 1.29 bits per heavy atom. The van der Waals surface area contributed by atoms with Crippen LogP contribution < -0.4 is 5.32 Å². The van der Waals surface area contributed by atoms with E-state index >= 15 is 0 Å². The van der Waals surface area contributed by atoms with E-state index in [-0.39, 0.29) is 44.1 Å². The average molecular weight is 357 g/mol. The number of carboxylic acid groups (broad SMARTS) is 1. The van der Waals surface area contributed by atoms with Crippen LogP contribution in [0.2, 0.25) is 0 Å². The molecule has 1 aromatic rings. The minimum Gasteiger partial charge on any atom is -0.480 e. The number of hydrogen-bond acceptors (Lipinski definition) is 4. The second-order valence-corrected chi connectivity index (χ2v) is 5.82. The largest absolute Gasteiger partial charge is 0.480 e. The fraction of sp³-hybridized carbons (Fsp3) is 0.529. The number of halogens is 1. The summed E-state index contributed by atoms with van der Waals surface area (Å²) in [5.74, 6) is -1.35. The molecule has 0 aliphatic heterocycles. The highest BCUT2D eigenvalue weighted by molar-refractivity contribution is 5.85. The number of aliphatic hydroxyl groups excluding tert-OH is 1. The normalized spacial score (nSPS) is 16.2. The third-order valence-corrected chi connectivity index (χ3v) is 4.17. The van der Waals surface area contributed by atoms with Gasteiger partial charge in [0.1, 0.15) is 6.54 Å². The molecule has 6 nitrogen and oxygen atoms in total. The first-order valence-corrected chi connectivity index (χ1v) is 8.03. The van der Waals surface area contributed by atoms with Crippen molar-refractivity contribution in [1.82, 2.24) is 10.2 Å². The van der Waals surface area contributed by atoms with Crippen molar-refractivity contribution in [3.8, 4) is 0 Å². The molecule has 24 heavy (non-hydrogen) atoms. The van der Waals surface area contributed by atoms with Gasteiger partial charge in [-0.15, -0.1) is 12.4 Å². The summed E-state index contributed by atoms with van der Waals surface area (Å²) in [7, 11) is 0.